The summed E-state index contributed by atoms with van der Waals surface area (Å²) in [5.41, 5.74) is 1.09. The van der Waals surface area contributed by atoms with Crippen LogP contribution in [0.5, 0.6) is 0 Å². The fourth-order valence-electron chi connectivity index (χ4n) is 4.22. The Bertz CT molecular complexity index is 220. The summed E-state index contributed by atoms with van der Waals surface area (Å²) in [6.45, 7) is 16.7. The van der Waals surface area contributed by atoms with Crippen molar-refractivity contribution in [2.75, 3.05) is 0 Å². The highest BCUT2D eigenvalue weighted by atomic mass is 14.4. The fourth-order valence-corrected chi connectivity index (χ4v) is 4.22. The zero-order chi connectivity index (χ0) is 14.9. The maximum absolute atomic E-state index is 2.55. The van der Waals surface area contributed by atoms with E-state index in [1.54, 1.807) is 0 Å². The lowest BCUT2D eigenvalue weighted by molar-refractivity contribution is 0.106. The van der Waals surface area contributed by atoms with Gasteiger partial charge in [-0.1, -0.05) is 67.7 Å². The molecule has 0 aliphatic carbocycles. The van der Waals surface area contributed by atoms with Crippen molar-refractivity contribution < 1.29 is 0 Å². The van der Waals surface area contributed by atoms with Gasteiger partial charge in [-0.15, -0.1) is 0 Å². The van der Waals surface area contributed by atoms with Crippen LogP contribution in [0.1, 0.15) is 99.8 Å². The molecular formula is C19H39. The SMILES string of the molecule is C[CH]CC(C)CC(C)(CCC)CC(C)(CC)CCC. The van der Waals surface area contributed by atoms with Crippen LogP contribution in [0, 0.1) is 23.2 Å². The first-order valence-electron chi connectivity index (χ1n) is 8.62. The monoisotopic (exact) mass is 267 g/mol. The zero-order valence-electron chi connectivity index (χ0n) is 14.8. The number of hydrogen-bond donors (Lipinski definition) is 0. The lowest BCUT2D eigenvalue weighted by Crippen LogP contribution is -2.29. The first kappa shape index (κ1) is 19.0. The smallest absolute Gasteiger partial charge is 0.0318 e. The van der Waals surface area contributed by atoms with E-state index in [1.807, 2.05) is 0 Å². The summed E-state index contributed by atoms with van der Waals surface area (Å²) in [6.07, 6.45) is 13.2. The molecule has 0 rings (SSSR count). The van der Waals surface area contributed by atoms with Crippen LogP contribution in [-0.2, 0) is 0 Å². The van der Waals surface area contributed by atoms with Crippen molar-refractivity contribution in [1.29, 1.82) is 0 Å². The molecule has 0 N–H and O–H groups in total. The molecule has 3 atom stereocenters. The predicted octanol–water partition coefficient (Wildman–Crippen LogP) is 7.04. The predicted molar refractivity (Wildman–Crippen MR) is 89.3 cm³/mol. The van der Waals surface area contributed by atoms with E-state index in [0.717, 1.165) is 5.92 Å². The molecule has 3 unspecified atom stereocenters. The van der Waals surface area contributed by atoms with Crippen molar-refractivity contribution >= 4 is 0 Å². The van der Waals surface area contributed by atoms with Crippen LogP contribution in [0.3, 0.4) is 0 Å². The summed E-state index contributed by atoms with van der Waals surface area (Å²) in [5.74, 6) is 0.837. The molecular weight excluding hydrogens is 228 g/mol. The van der Waals surface area contributed by atoms with Crippen LogP contribution < -0.4 is 0 Å². The van der Waals surface area contributed by atoms with E-state index in [4.69, 9.17) is 0 Å². The first-order valence-corrected chi connectivity index (χ1v) is 8.62. The lowest BCUT2D eigenvalue weighted by atomic mass is 9.64. The molecule has 1 radical (unpaired) electrons. The molecule has 0 heterocycles. The van der Waals surface area contributed by atoms with Gasteiger partial charge in [0.15, 0.2) is 0 Å². The molecule has 0 saturated heterocycles. The third kappa shape index (κ3) is 7.37. The average Bonchev–Trinajstić information content (AvgIpc) is 2.29. The summed E-state index contributed by atoms with van der Waals surface area (Å²) >= 11 is 0. The number of rotatable bonds is 11. The number of hydrogen-bond acceptors (Lipinski definition) is 0. The summed E-state index contributed by atoms with van der Waals surface area (Å²) in [5, 5.41) is 0. The first-order chi connectivity index (χ1) is 8.84. The van der Waals surface area contributed by atoms with Gasteiger partial charge in [0.2, 0.25) is 0 Å². The maximum atomic E-state index is 2.55. The van der Waals surface area contributed by atoms with Crippen LogP contribution >= 0.6 is 0 Å². The second-order valence-corrected chi connectivity index (χ2v) is 7.60. The third-order valence-electron chi connectivity index (χ3n) is 4.89. The quantitative estimate of drug-likeness (QED) is 0.376. The van der Waals surface area contributed by atoms with E-state index in [9.17, 15) is 0 Å². The highest BCUT2D eigenvalue weighted by Gasteiger charge is 2.34. The van der Waals surface area contributed by atoms with Crippen molar-refractivity contribution in [3.63, 3.8) is 0 Å². The van der Waals surface area contributed by atoms with Crippen molar-refractivity contribution in [3.05, 3.63) is 6.42 Å². The Hall–Kier alpha value is 0. The fraction of sp³-hybridized carbons (Fsp3) is 0.947. The molecule has 0 aliphatic heterocycles. The minimum Gasteiger partial charge on any atom is -0.0654 e. The van der Waals surface area contributed by atoms with Crippen molar-refractivity contribution in [2.24, 2.45) is 16.7 Å². The summed E-state index contributed by atoms with van der Waals surface area (Å²) < 4.78 is 0. The van der Waals surface area contributed by atoms with Crippen LogP contribution in [0.15, 0.2) is 0 Å². The van der Waals surface area contributed by atoms with E-state index in [2.05, 4.69) is 54.9 Å². The van der Waals surface area contributed by atoms with Crippen LogP contribution in [0.4, 0.5) is 0 Å². The molecule has 115 valence electrons. The molecule has 19 heavy (non-hydrogen) atoms. The molecule has 0 heteroatoms. The van der Waals surface area contributed by atoms with Crippen LogP contribution in [0.25, 0.3) is 0 Å². The topological polar surface area (TPSA) is 0 Å². The van der Waals surface area contributed by atoms with E-state index >= 15 is 0 Å². The molecule has 0 fully saturated rings. The van der Waals surface area contributed by atoms with Crippen molar-refractivity contribution in [3.8, 4) is 0 Å². The largest absolute Gasteiger partial charge is 0.0654 e. The Balaban J connectivity index is 4.75. The third-order valence-corrected chi connectivity index (χ3v) is 4.89. The molecule has 0 aliphatic rings. The summed E-state index contributed by atoms with van der Waals surface area (Å²) in [6, 6.07) is 0. The maximum Gasteiger partial charge on any atom is -0.0318 e. The van der Waals surface area contributed by atoms with Gasteiger partial charge in [-0.05, 0) is 55.3 Å². The van der Waals surface area contributed by atoms with Crippen LogP contribution in [-0.4, -0.2) is 0 Å². The highest BCUT2D eigenvalue weighted by Crippen LogP contribution is 2.46. The Labute approximate surface area is 123 Å². The second kappa shape index (κ2) is 9.03. The Kier molecular flexibility index (Phi) is 9.03. The second-order valence-electron chi connectivity index (χ2n) is 7.60. The summed E-state index contributed by atoms with van der Waals surface area (Å²) in [7, 11) is 0. The lowest BCUT2D eigenvalue weighted by Gasteiger charge is -2.41. The minimum absolute atomic E-state index is 0.539. The molecule has 0 spiro atoms. The van der Waals surface area contributed by atoms with Gasteiger partial charge in [-0.25, -0.2) is 0 Å². The Morgan fingerprint density at radius 1 is 0.947 bits per heavy atom. The molecule has 0 bridgehead atoms. The average molecular weight is 268 g/mol. The minimum atomic E-state index is 0.539. The van der Waals surface area contributed by atoms with E-state index < -0.39 is 0 Å². The summed E-state index contributed by atoms with van der Waals surface area (Å²) in [4.78, 5) is 0. The van der Waals surface area contributed by atoms with E-state index in [0.29, 0.717) is 10.8 Å². The van der Waals surface area contributed by atoms with Crippen molar-refractivity contribution in [1.82, 2.24) is 0 Å². The normalized spacial score (nSPS) is 19.7. The van der Waals surface area contributed by atoms with Gasteiger partial charge in [-0.3, -0.25) is 0 Å². The van der Waals surface area contributed by atoms with Gasteiger partial charge >= 0.3 is 0 Å². The van der Waals surface area contributed by atoms with E-state index in [1.165, 1.54) is 51.4 Å². The van der Waals surface area contributed by atoms with E-state index in [-0.39, 0.29) is 0 Å². The molecule has 0 amide bonds. The molecule has 0 aromatic heterocycles. The van der Waals surface area contributed by atoms with Crippen LogP contribution in [0.2, 0.25) is 0 Å². The standard InChI is InChI=1S/C19H39/c1-8-12-17(5)15-19(7,14-10-3)16-18(6,11-4)13-9-2/h8,17H,9-16H2,1-7H3. The molecule has 0 saturated carbocycles. The molecule has 0 nitrogen and oxygen atoms in total. The highest BCUT2D eigenvalue weighted by molar-refractivity contribution is 4.86. The zero-order valence-corrected chi connectivity index (χ0v) is 14.8. The van der Waals surface area contributed by atoms with Gasteiger partial charge in [0.1, 0.15) is 0 Å². The van der Waals surface area contributed by atoms with Gasteiger partial charge in [0.05, 0.1) is 0 Å². The molecule has 0 aromatic rings. The van der Waals surface area contributed by atoms with Gasteiger partial charge in [-0.2, -0.15) is 0 Å². The molecule has 0 aromatic carbocycles. The Morgan fingerprint density at radius 3 is 1.89 bits per heavy atom. The van der Waals surface area contributed by atoms with Crippen molar-refractivity contribution in [2.45, 2.75) is 99.8 Å². The van der Waals surface area contributed by atoms with Gasteiger partial charge in [0, 0.05) is 0 Å². The Morgan fingerprint density at radius 2 is 1.47 bits per heavy atom. The van der Waals surface area contributed by atoms with Gasteiger partial charge < -0.3 is 0 Å². The van der Waals surface area contributed by atoms with Gasteiger partial charge in [0.25, 0.3) is 0 Å².